The molecule has 0 amide bonds. The van der Waals surface area contributed by atoms with E-state index < -0.39 is 0 Å². The van der Waals surface area contributed by atoms with Gasteiger partial charge in [0, 0.05) is 35.5 Å². The van der Waals surface area contributed by atoms with Crippen LogP contribution in [0.25, 0.3) is 5.69 Å². The van der Waals surface area contributed by atoms with Crippen molar-refractivity contribution in [2.45, 2.75) is 26.4 Å². The second-order valence-electron chi connectivity index (χ2n) is 5.75. The van der Waals surface area contributed by atoms with E-state index in [4.69, 9.17) is 0 Å². The molecule has 3 aromatic rings. The van der Waals surface area contributed by atoms with Crippen LogP contribution in [0, 0.1) is 5.92 Å². The topological polar surface area (TPSA) is 29.9 Å². The molecule has 0 bridgehead atoms. The maximum atomic E-state index is 4.08. The molecule has 0 saturated heterocycles. The number of hydrogen-bond acceptors (Lipinski definition) is 3. The van der Waals surface area contributed by atoms with Gasteiger partial charge >= 0.3 is 0 Å². The van der Waals surface area contributed by atoms with Crippen molar-refractivity contribution in [2.24, 2.45) is 5.92 Å². The van der Waals surface area contributed by atoms with E-state index in [9.17, 15) is 0 Å². The van der Waals surface area contributed by atoms with Crippen molar-refractivity contribution in [1.82, 2.24) is 14.9 Å². The van der Waals surface area contributed by atoms with Gasteiger partial charge in [0.15, 0.2) is 0 Å². The van der Waals surface area contributed by atoms with Gasteiger partial charge in [-0.25, -0.2) is 4.98 Å². The van der Waals surface area contributed by atoms with E-state index in [0.29, 0.717) is 12.0 Å². The van der Waals surface area contributed by atoms with Gasteiger partial charge in [0.25, 0.3) is 0 Å². The molecule has 0 aliphatic carbocycles. The number of nitrogens with zero attached hydrogens (tertiary/aromatic N) is 2. The summed E-state index contributed by atoms with van der Waals surface area (Å²) in [7, 11) is 0. The van der Waals surface area contributed by atoms with Crippen LogP contribution in [0.5, 0.6) is 0 Å². The number of imidazole rings is 1. The fraction of sp³-hybridized carbons (Fsp3) is 0.278. The maximum absolute atomic E-state index is 4.08. The van der Waals surface area contributed by atoms with Gasteiger partial charge in [0.05, 0.1) is 6.33 Å². The zero-order valence-electron chi connectivity index (χ0n) is 12.9. The highest BCUT2D eigenvalue weighted by Gasteiger charge is 2.15. The molecule has 1 N–H and O–H groups in total. The fourth-order valence-electron chi connectivity index (χ4n) is 2.56. The van der Waals surface area contributed by atoms with Crippen molar-refractivity contribution in [3.8, 4) is 5.69 Å². The third-order valence-corrected chi connectivity index (χ3v) is 4.74. The Hall–Kier alpha value is -1.91. The van der Waals surface area contributed by atoms with Gasteiger partial charge in [-0.05, 0) is 35.1 Å². The number of hydrogen-bond donors (Lipinski definition) is 1. The van der Waals surface area contributed by atoms with E-state index in [2.05, 4.69) is 65.9 Å². The Morgan fingerprint density at radius 3 is 2.59 bits per heavy atom. The molecule has 4 heteroatoms. The van der Waals surface area contributed by atoms with Crippen molar-refractivity contribution in [1.29, 1.82) is 0 Å². The van der Waals surface area contributed by atoms with Crippen molar-refractivity contribution >= 4 is 11.3 Å². The fourth-order valence-corrected chi connectivity index (χ4v) is 3.53. The summed E-state index contributed by atoms with van der Waals surface area (Å²) in [4.78, 5) is 5.49. The van der Waals surface area contributed by atoms with Crippen LogP contribution < -0.4 is 5.32 Å². The lowest BCUT2D eigenvalue weighted by molar-refractivity contribution is 0.416. The Kier molecular flexibility index (Phi) is 4.71. The smallest absolute Gasteiger partial charge is 0.0991 e. The lowest BCUT2D eigenvalue weighted by Crippen LogP contribution is -2.24. The minimum absolute atomic E-state index is 0.410. The van der Waals surface area contributed by atoms with E-state index in [1.807, 2.05) is 28.4 Å². The summed E-state index contributed by atoms with van der Waals surface area (Å²) in [6, 6.07) is 13.4. The molecule has 0 radical (unpaired) electrons. The quantitative estimate of drug-likeness (QED) is 0.730. The summed E-state index contributed by atoms with van der Waals surface area (Å²) < 4.78 is 2.01. The molecular weight excluding hydrogens is 290 g/mol. The zero-order chi connectivity index (χ0) is 15.4. The molecule has 22 heavy (non-hydrogen) atoms. The summed E-state index contributed by atoms with van der Waals surface area (Å²) in [6.45, 7) is 5.41. The number of benzene rings is 1. The third-order valence-electron chi connectivity index (χ3n) is 3.78. The molecule has 2 aromatic heterocycles. The average molecular weight is 311 g/mol. The van der Waals surface area contributed by atoms with Gasteiger partial charge in [0.2, 0.25) is 0 Å². The SMILES string of the molecule is CC(C)C(NCc1ccc(-n2ccnc2)cc1)c1cccs1. The third kappa shape index (κ3) is 3.46. The summed E-state index contributed by atoms with van der Waals surface area (Å²) in [5.41, 5.74) is 2.44. The molecule has 1 unspecified atom stereocenters. The van der Waals surface area contributed by atoms with Crippen LogP contribution >= 0.6 is 11.3 Å². The van der Waals surface area contributed by atoms with Gasteiger partial charge in [-0.3, -0.25) is 0 Å². The minimum atomic E-state index is 0.410. The van der Waals surface area contributed by atoms with Crippen LogP contribution in [-0.4, -0.2) is 9.55 Å². The predicted molar refractivity (Wildman–Crippen MR) is 92.3 cm³/mol. The lowest BCUT2D eigenvalue weighted by atomic mass is 10.0. The first-order chi connectivity index (χ1) is 10.7. The average Bonchev–Trinajstić information content (AvgIpc) is 3.21. The second kappa shape index (κ2) is 6.90. The molecule has 0 saturated carbocycles. The molecule has 0 aliphatic heterocycles. The van der Waals surface area contributed by atoms with Crippen LogP contribution in [0.1, 0.15) is 30.3 Å². The van der Waals surface area contributed by atoms with Crippen LogP contribution in [0.4, 0.5) is 0 Å². The standard InChI is InChI=1S/C18H21N3S/c1-14(2)18(17-4-3-11-22-17)20-12-15-5-7-16(8-6-15)21-10-9-19-13-21/h3-11,13-14,18,20H,12H2,1-2H3. The Labute approximate surface area is 135 Å². The summed E-state index contributed by atoms with van der Waals surface area (Å²) in [6.07, 6.45) is 5.57. The first-order valence-electron chi connectivity index (χ1n) is 7.58. The molecule has 0 spiro atoms. The van der Waals surface area contributed by atoms with Gasteiger partial charge in [-0.15, -0.1) is 11.3 Å². The Morgan fingerprint density at radius 1 is 1.18 bits per heavy atom. The summed E-state index contributed by atoms with van der Waals surface area (Å²) in [5.74, 6) is 0.573. The highest BCUT2D eigenvalue weighted by molar-refractivity contribution is 7.10. The van der Waals surface area contributed by atoms with E-state index in [-0.39, 0.29) is 0 Å². The van der Waals surface area contributed by atoms with Gasteiger partial charge in [0.1, 0.15) is 0 Å². The number of aromatic nitrogens is 2. The van der Waals surface area contributed by atoms with Crippen molar-refractivity contribution < 1.29 is 0 Å². The van der Waals surface area contributed by atoms with Crippen molar-refractivity contribution in [3.05, 3.63) is 70.9 Å². The molecule has 3 rings (SSSR count). The molecule has 0 fully saturated rings. The first kappa shape index (κ1) is 15.0. The number of rotatable bonds is 6. The van der Waals surface area contributed by atoms with E-state index in [1.165, 1.54) is 10.4 Å². The normalized spacial score (nSPS) is 12.7. The minimum Gasteiger partial charge on any atom is -0.306 e. The number of nitrogens with one attached hydrogen (secondary N) is 1. The predicted octanol–water partition coefficient (Wildman–Crippen LogP) is 4.42. The Morgan fingerprint density at radius 2 is 2.00 bits per heavy atom. The zero-order valence-corrected chi connectivity index (χ0v) is 13.8. The molecular formula is C18H21N3S. The monoisotopic (exact) mass is 311 g/mol. The Bertz CT molecular complexity index is 670. The summed E-state index contributed by atoms with van der Waals surface area (Å²) in [5, 5.41) is 5.83. The maximum Gasteiger partial charge on any atom is 0.0991 e. The summed E-state index contributed by atoms with van der Waals surface area (Å²) >= 11 is 1.82. The number of thiophene rings is 1. The highest BCUT2D eigenvalue weighted by Crippen LogP contribution is 2.26. The van der Waals surface area contributed by atoms with Crippen LogP contribution in [0.2, 0.25) is 0 Å². The van der Waals surface area contributed by atoms with Gasteiger partial charge in [-0.1, -0.05) is 32.0 Å². The lowest BCUT2D eigenvalue weighted by Gasteiger charge is -2.21. The molecule has 1 aromatic carbocycles. The van der Waals surface area contributed by atoms with Crippen LogP contribution in [0.15, 0.2) is 60.5 Å². The van der Waals surface area contributed by atoms with Crippen molar-refractivity contribution in [2.75, 3.05) is 0 Å². The molecule has 1 atom stereocenters. The van der Waals surface area contributed by atoms with Crippen LogP contribution in [0.3, 0.4) is 0 Å². The van der Waals surface area contributed by atoms with E-state index in [0.717, 1.165) is 12.2 Å². The van der Waals surface area contributed by atoms with Gasteiger partial charge in [-0.2, -0.15) is 0 Å². The molecule has 114 valence electrons. The van der Waals surface area contributed by atoms with E-state index in [1.54, 1.807) is 6.20 Å². The molecule has 0 aliphatic rings. The van der Waals surface area contributed by atoms with Gasteiger partial charge < -0.3 is 9.88 Å². The highest BCUT2D eigenvalue weighted by atomic mass is 32.1. The van der Waals surface area contributed by atoms with Crippen LogP contribution in [-0.2, 0) is 6.54 Å². The Balaban J connectivity index is 1.65. The van der Waals surface area contributed by atoms with Crippen molar-refractivity contribution in [3.63, 3.8) is 0 Å². The molecule has 2 heterocycles. The first-order valence-corrected chi connectivity index (χ1v) is 8.46. The van der Waals surface area contributed by atoms with E-state index >= 15 is 0 Å². The second-order valence-corrected chi connectivity index (χ2v) is 6.73. The largest absolute Gasteiger partial charge is 0.306 e. The molecule has 3 nitrogen and oxygen atoms in total.